The quantitative estimate of drug-likeness (QED) is 0.618. The van der Waals surface area contributed by atoms with Gasteiger partial charge in [-0.05, 0) is 12.0 Å². The molecule has 0 heterocycles. The fourth-order valence-corrected chi connectivity index (χ4v) is 1.56. The van der Waals surface area contributed by atoms with Gasteiger partial charge in [0.25, 0.3) is 0 Å². The maximum Gasteiger partial charge on any atom is 0.216 e. The second-order valence-corrected chi connectivity index (χ2v) is 5.05. The first kappa shape index (κ1) is 11.0. The van der Waals surface area contributed by atoms with Crippen molar-refractivity contribution >= 4 is 28.7 Å². The first-order chi connectivity index (χ1) is 4.79. The number of halogens is 1. The monoisotopic (exact) mass is 184 g/mol. The molecule has 0 aliphatic carbocycles. The average Bonchev–Trinajstić information content (AvgIpc) is 1.88. The summed E-state index contributed by atoms with van der Waals surface area (Å²) in [6.07, 6.45) is 1.26. The van der Waals surface area contributed by atoms with E-state index in [2.05, 4.69) is 37.3 Å². The molecule has 0 N–H and O–H groups in total. The first-order valence-corrected chi connectivity index (χ1v) is 4.98. The lowest BCUT2D eigenvalue weighted by atomic mass is 10.1. The highest BCUT2D eigenvalue weighted by atomic mass is 35.5. The Morgan fingerprint density at radius 1 is 1.27 bits per heavy atom. The van der Waals surface area contributed by atoms with E-state index in [1.165, 1.54) is 28.3 Å². The van der Waals surface area contributed by atoms with E-state index in [0.29, 0.717) is 0 Å². The summed E-state index contributed by atoms with van der Waals surface area (Å²) in [5, 5.41) is 0. The molecule has 0 spiro atoms. The van der Waals surface area contributed by atoms with Crippen LogP contribution in [0.1, 0.15) is 12.5 Å². The number of hydrogen-bond donors (Lipinski definition) is 0. The summed E-state index contributed by atoms with van der Waals surface area (Å²) in [4.78, 5) is 0. The summed E-state index contributed by atoms with van der Waals surface area (Å²) in [6.45, 7) is 2.30. The second kappa shape index (κ2) is 5.66. The molecule has 11 heavy (non-hydrogen) atoms. The zero-order chi connectivity index (χ0) is 7.40. The summed E-state index contributed by atoms with van der Waals surface area (Å²) in [5.74, 6) is 0. The van der Waals surface area contributed by atoms with Crippen LogP contribution < -0.4 is 0 Å². The minimum absolute atomic E-state index is 0. The van der Waals surface area contributed by atoms with Gasteiger partial charge in [0.15, 0.2) is 0 Å². The normalized spacial score (nSPS) is 11.7. The van der Waals surface area contributed by atoms with Crippen molar-refractivity contribution in [2.45, 2.75) is 18.1 Å². The van der Waals surface area contributed by atoms with Gasteiger partial charge in [0.2, 0.25) is 16.3 Å². The van der Waals surface area contributed by atoms with E-state index in [1.807, 2.05) is 0 Å². The molecule has 0 aromatic heterocycles. The lowest BCUT2D eigenvalue weighted by molar-refractivity contribution is 0.916. The molecule has 0 bridgehead atoms. The molecule has 1 aromatic carbocycles. The Morgan fingerprint density at radius 3 is 2.27 bits per heavy atom. The van der Waals surface area contributed by atoms with Crippen LogP contribution in [0.4, 0.5) is 0 Å². The third-order valence-corrected chi connectivity index (χ3v) is 1.90. The van der Waals surface area contributed by atoms with Crippen LogP contribution in [0.5, 0.6) is 0 Å². The third-order valence-electron chi connectivity index (χ3n) is 1.49. The molecule has 0 aliphatic heterocycles. The van der Waals surface area contributed by atoms with Crippen LogP contribution in [-0.4, -0.2) is 16.3 Å². The van der Waals surface area contributed by atoms with Crippen LogP contribution in [0, 0.1) is 0 Å². The summed E-state index contributed by atoms with van der Waals surface area (Å²) in [5.41, 5.74) is 1.48. The highest BCUT2D eigenvalue weighted by Crippen LogP contribution is 2.08. The maximum atomic E-state index is 2.30. The van der Waals surface area contributed by atoms with E-state index in [-0.39, 0.29) is 12.4 Å². The molecular formula is C9H14AlCl. The molecule has 0 aliphatic rings. The molecule has 0 fully saturated rings. The van der Waals surface area contributed by atoms with Crippen LogP contribution in [0.15, 0.2) is 30.3 Å². The lowest BCUT2D eigenvalue weighted by Crippen LogP contribution is -1.90. The van der Waals surface area contributed by atoms with Crippen LogP contribution in [0.3, 0.4) is 0 Å². The van der Waals surface area contributed by atoms with Crippen molar-refractivity contribution in [2.75, 3.05) is 0 Å². The molecule has 1 atom stereocenters. The number of hydrogen-bond acceptors (Lipinski definition) is 0. The molecule has 0 nitrogen and oxygen atoms in total. The van der Waals surface area contributed by atoms with Gasteiger partial charge in [0.1, 0.15) is 0 Å². The molecule has 1 aromatic rings. The molecular weight excluding hydrogens is 171 g/mol. The van der Waals surface area contributed by atoms with Crippen molar-refractivity contribution in [1.82, 2.24) is 0 Å². The predicted octanol–water partition coefficient (Wildman–Crippen LogP) is 2.09. The highest BCUT2D eigenvalue weighted by Gasteiger charge is 1.94. The van der Waals surface area contributed by atoms with E-state index in [1.54, 1.807) is 0 Å². The van der Waals surface area contributed by atoms with E-state index < -0.39 is 0 Å². The average molecular weight is 185 g/mol. The van der Waals surface area contributed by atoms with E-state index in [9.17, 15) is 0 Å². The van der Waals surface area contributed by atoms with Gasteiger partial charge in [-0.2, -0.15) is 0 Å². The molecule has 0 amide bonds. The number of rotatable bonds is 2. The zero-order valence-corrected chi connectivity index (χ0v) is 9.90. The van der Waals surface area contributed by atoms with Crippen LogP contribution in [0.25, 0.3) is 0 Å². The van der Waals surface area contributed by atoms with Crippen LogP contribution in [0.2, 0.25) is 4.78 Å². The topological polar surface area (TPSA) is 0 Å². The van der Waals surface area contributed by atoms with Gasteiger partial charge in [0, 0.05) is 0 Å². The summed E-state index contributed by atoms with van der Waals surface area (Å²) in [6, 6.07) is 10.7. The fourth-order valence-electron chi connectivity index (χ4n) is 1.09. The summed E-state index contributed by atoms with van der Waals surface area (Å²) < 4.78 is 0.905. The van der Waals surface area contributed by atoms with Gasteiger partial charge in [0.05, 0.1) is 0 Å². The first-order valence-electron chi connectivity index (χ1n) is 3.83. The zero-order valence-electron chi connectivity index (χ0n) is 7.08. The molecule has 0 saturated carbocycles. The smallest absolute Gasteiger partial charge is 0.147 e. The Hall–Kier alpha value is 0.0425. The van der Waals surface area contributed by atoms with Gasteiger partial charge in [-0.1, -0.05) is 42.0 Å². The van der Waals surface area contributed by atoms with Gasteiger partial charge in [-0.25, -0.2) is 0 Å². The molecule has 1 rings (SSSR count). The largest absolute Gasteiger partial charge is 0.216 e. The molecule has 2 heteroatoms. The summed E-state index contributed by atoms with van der Waals surface area (Å²) >= 11 is 1.30. The Labute approximate surface area is 82.8 Å². The van der Waals surface area contributed by atoms with E-state index in [4.69, 9.17) is 0 Å². The van der Waals surface area contributed by atoms with Gasteiger partial charge < -0.3 is 0 Å². The van der Waals surface area contributed by atoms with Gasteiger partial charge in [-0.15, -0.1) is 12.4 Å². The van der Waals surface area contributed by atoms with E-state index >= 15 is 0 Å². The number of benzene rings is 1. The van der Waals surface area contributed by atoms with Gasteiger partial charge in [-0.3, -0.25) is 0 Å². The van der Waals surface area contributed by atoms with Crippen molar-refractivity contribution < 1.29 is 0 Å². The van der Waals surface area contributed by atoms with Crippen molar-refractivity contribution in [1.29, 1.82) is 0 Å². The van der Waals surface area contributed by atoms with Gasteiger partial charge >= 0.3 is 0 Å². The van der Waals surface area contributed by atoms with Crippen LogP contribution in [-0.2, 0) is 6.42 Å². The van der Waals surface area contributed by atoms with Crippen molar-refractivity contribution in [3.8, 4) is 0 Å². The van der Waals surface area contributed by atoms with Crippen molar-refractivity contribution in [3.05, 3.63) is 35.9 Å². The minimum atomic E-state index is 0. The highest BCUT2D eigenvalue weighted by molar-refractivity contribution is 6.11. The second-order valence-electron chi connectivity index (χ2n) is 3.08. The Kier molecular flexibility index (Phi) is 5.68. The third kappa shape index (κ3) is 4.48. The SMILES string of the molecule is C[CH]([AlH2])Cc1ccccc1.Cl. The van der Waals surface area contributed by atoms with Crippen molar-refractivity contribution in [3.63, 3.8) is 0 Å². The Bertz CT molecular complexity index is 184. The lowest BCUT2D eigenvalue weighted by Gasteiger charge is -2.02. The molecule has 0 saturated heterocycles. The van der Waals surface area contributed by atoms with Crippen molar-refractivity contribution in [2.24, 2.45) is 0 Å². The summed E-state index contributed by atoms with van der Waals surface area (Å²) in [7, 11) is 0. The van der Waals surface area contributed by atoms with E-state index in [0.717, 1.165) is 4.78 Å². The standard InChI is InChI=1S/C9H11.Al.ClH.2H/c1-2-6-9-7-4-3-5-8-9;;;;/h2-5,7-8H,6H2,1H3;;1H;;. The molecule has 60 valence electrons. The Balaban J connectivity index is 0.000001000. The molecule has 0 radical (unpaired) electrons. The van der Waals surface area contributed by atoms with Crippen LogP contribution >= 0.6 is 12.4 Å². The predicted molar refractivity (Wildman–Crippen MR) is 55.4 cm³/mol. The Morgan fingerprint density at radius 2 is 1.82 bits per heavy atom. The maximum absolute atomic E-state index is 2.30. The minimum Gasteiger partial charge on any atom is -0.147 e. The molecule has 1 unspecified atom stereocenters. The fraction of sp³-hybridized carbons (Fsp3) is 0.333.